The molecule has 2 aromatic rings. The Morgan fingerprint density at radius 2 is 1.33 bits per heavy atom. The highest BCUT2D eigenvalue weighted by Gasteiger charge is 2.48. The summed E-state index contributed by atoms with van der Waals surface area (Å²) in [4.78, 5) is 0. The lowest BCUT2D eigenvalue weighted by molar-refractivity contribution is -0.137. The van der Waals surface area contributed by atoms with Crippen molar-refractivity contribution < 1.29 is 38.9 Å². The molecule has 24 heavy (non-hydrogen) atoms. The molecule has 0 radical (unpaired) electrons. The quantitative estimate of drug-likeness (QED) is 0.451. The summed E-state index contributed by atoms with van der Waals surface area (Å²) in [6.45, 7) is 0. The second-order valence-electron chi connectivity index (χ2n) is 4.55. The van der Waals surface area contributed by atoms with Crippen LogP contribution in [0.15, 0.2) is 48.5 Å². The van der Waals surface area contributed by atoms with Crippen LogP contribution in [0.2, 0.25) is 0 Å². The van der Waals surface area contributed by atoms with E-state index < -0.39 is 33.1 Å². The van der Waals surface area contributed by atoms with Gasteiger partial charge in [0.1, 0.15) is 0 Å². The molecule has 0 aromatic heterocycles. The molecule has 3 nitrogen and oxygen atoms in total. The van der Waals surface area contributed by atoms with E-state index in [4.69, 9.17) is 0 Å². The fourth-order valence-electron chi connectivity index (χ4n) is 1.78. The van der Waals surface area contributed by atoms with E-state index in [1.807, 2.05) is 0 Å². The molecular formula is C14H8F6O3S. The highest BCUT2D eigenvalue weighted by atomic mass is 32.2. The Morgan fingerprint density at radius 1 is 0.792 bits per heavy atom. The van der Waals surface area contributed by atoms with Crippen molar-refractivity contribution in [1.29, 1.82) is 0 Å². The largest absolute Gasteiger partial charge is 0.534 e. The molecule has 130 valence electrons. The lowest BCUT2D eigenvalue weighted by atomic mass is 10.0. The second-order valence-corrected chi connectivity index (χ2v) is 6.09. The van der Waals surface area contributed by atoms with Gasteiger partial charge in [-0.25, -0.2) is 0 Å². The number of halogens is 6. The number of rotatable bonds is 3. The molecule has 0 fully saturated rings. The van der Waals surface area contributed by atoms with Crippen molar-refractivity contribution in [3.05, 3.63) is 54.1 Å². The van der Waals surface area contributed by atoms with Crippen molar-refractivity contribution in [1.82, 2.24) is 0 Å². The summed E-state index contributed by atoms with van der Waals surface area (Å²) >= 11 is 0. The number of hydrogen-bond acceptors (Lipinski definition) is 3. The molecule has 0 heterocycles. The third kappa shape index (κ3) is 3.81. The number of hydrogen-bond donors (Lipinski definition) is 0. The summed E-state index contributed by atoms with van der Waals surface area (Å²) in [5.74, 6) is -0.644. The Morgan fingerprint density at radius 3 is 1.83 bits per heavy atom. The summed E-state index contributed by atoms with van der Waals surface area (Å²) in [7, 11) is -5.89. The third-order valence-electron chi connectivity index (χ3n) is 2.89. The lowest BCUT2D eigenvalue weighted by Gasteiger charge is -2.13. The van der Waals surface area contributed by atoms with Gasteiger partial charge in [-0.3, -0.25) is 0 Å². The second kappa shape index (κ2) is 6.00. The average molecular weight is 370 g/mol. The Labute approximate surface area is 132 Å². The molecule has 0 aliphatic heterocycles. The topological polar surface area (TPSA) is 43.4 Å². The van der Waals surface area contributed by atoms with E-state index in [1.54, 1.807) is 0 Å². The molecule has 0 saturated carbocycles. The van der Waals surface area contributed by atoms with Gasteiger partial charge >= 0.3 is 21.8 Å². The Balaban J connectivity index is 2.43. The van der Waals surface area contributed by atoms with Gasteiger partial charge in [-0.1, -0.05) is 30.3 Å². The third-order valence-corrected chi connectivity index (χ3v) is 3.86. The molecule has 0 saturated heterocycles. The molecule has 0 unspecified atom stereocenters. The minimum absolute atomic E-state index is 0.0657. The first-order valence-corrected chi connectivity index (χ1v) is 7.60. The summed E-state index contributed by atoms with van der Waals surface area (Å²) < 4.78 is 101. The summed E-state index contributed by atoms with van der Waals surface area (Å²) in [6, 6.07) is 8.26. The van der Waals surface area contributed by atoms with Crippen molar-refractivity contribution in [2.75, 3.05) is 0 Å². The molecule has 10 heteroatoms. The predicted octanol–water partition coefficient (Wildman–Crippen LogP) is 4.60. The normalized spacial score (nSPS) is 12.9. The van der Waals surface area contributed by atoms with Crippen LogP contribution in [0.5, 0.6) is 5.75 Å². The van der Waals surface area contributed by atoms with E-state index in [0.717, 1.165) is 30.3 Å². The summed E-state index contributed by atoms with van der Waals surface area (Å²) in [6.07, 6.45) is -4.58. The first-order chi connectivity index (χ1) is 10.9. The van der Waals surface area contributed by atoms with Gasteiger partial charge in [0.05, 0.1) is 5.56 Å². The van der Waals surface area contributed by atoms with Gasteiger partial charge in [0, 0.05) is 5.56 Å². The number of para-hydroxylation sites is 1. The Hall–Kier alpha value is -2.23. The van der Waals surface area contributed by atoms with Gasteiger partial charge in [-0.05, 0) is 23.8 Å². The van der Waals surface area contributed by atoms with Crippen molar-refractivity contribution in [2.24, 2.45) is 0 Å². The van der Waals surface area contributed by atoms with Crippen LogP contribution in [0.25, 0.3) is 11.1 Å². The van der Waals surface area contributed by atoms with Crippen LogP contribution in [-0.2, 0) is 16.3 Å². The van der Waals surface area contributed by atoms with Crippen LogP contribution in [-0.4, -0.2) is 13.9 Å². The monoisotopic (exact) mass is 370 g/mol. The molecule has 0 N–H and O–H groups in total. The standard InChI is InChI=1S/C14H8F6O3S/c15-13(16,17)10-7-5-9(6-8-10)11-3-1-2-4-12(11)23-24(21,22)14(18,19)20/h1-8H. The van der Waals surface area contributed by atoms with Gasteiger partial charge in [0.25, 0.3) is 0 Å². The maximum absolute atomic E-state index is 12.5. The molecule has 0 atom stereocenters. The molecule has 0 spiro atoms. The van der Waals surface area contributed by atoms with Crippen LogP contribution in [0.1, 0.15) is 5.56 Å². The summed E-state index contributed by atoms with van der Waals surface area (Å²) in [5, 5.41) is 0. The highest BCUT2D eigenvalue weighted by Crippen LogP contribution is 2.36. The minimum atomic E-state index is -5.89. The zero-order valence-corrected chi connectivity index (χ0v) is 12.3. The maximum atomic E-state index is 12.5. The lowest BCUT2D eigenvalue weighted by Crippen LogP contribution is -2.28. The Bertz CT molecular complexity index is 823. The smallest absolute Gasteiger partial charge is 0.375 e. The van der Waals surface area contributed by atoms with Crippen LogP contribution in [0, 0.1) is 0 Å². The Kier molecular flexibility index (Phi) is 4.53. The van der Waals surface area contributed by atoms with Crippen LogP contribution in [0.4, 0.5) is 26.3 Å². The first-order valence-electron chi connectivity index (χ1n) is 6.19. The first kappa shape index (κ1) is 18.1. The van der Waals surface area contributed by atoms with E-state index >= 15 is 0 Å². The number of alkyl halides is 6. The summed E-state index contributed by atoms with van der Waals surface area (Å²) in [5.41, 5.74) is -6.61. The van der Waals surface area contributed by atoms with Gasteiger partial charge in [-0.15, -0.1) is 0 Å². The molecule has 0 aliphatic carbocycles. The molecule has 2 rings (SSSR count). The van der Waals surface area contributed by atoms with Crippen molar-refractivity contribution >= 4 is 10.1 Å². The maximum Gasteiger partial charge on any atom is 0.534 e. The molecular weight excluding hydrogens is 362 g/mol. The average Bonchev–Trinajstić information content (AvgIpc) is 2.45. The van der Waals surface area contributed by atoms with Gasteiger partial charge in [0.15, 0.2) is 5.75 Å². The molecule has 0 amide bonds. The van der Waals surface area contributed by atoms with Crippen LogP contribution < -0.4 is 4.18 Å². The SMILES string of the molecule is O=S(=O)(Oc1ccccc1-c1ccc(C(F)(F)F)cc1)C(F)(F)F. The van der Waals surface area contributed by atoms with E-state index in [-0.39, 0.29) is 11.1 Å². The van der Waals surface area contributed by atoms with Gasteiger partial charge < -0.3 is 4.18 Å². The van der Waals surface area contributed by atoms with Crippen molar-refractivity contribution in [2.45, 2.75) is 11.7 Å². The van der Waals surface area contributed by atoms with Gasteiger partial charge in [-0.2, -0.15) is 34.8 Å². The zero-order chi connectivity index (χ0) is 18.2. The van der Waals surface area contributed by atoms with E-state index in [2.05, 4.69) is 4.18 Å². The molecule has 2 aromatic carbocycles. The molecule has 0 bridgehead atoms. The van der Waals surface area contributed by atoms with Gasteiger partial charge in [0.2, 0.25) is 0 Å². The van der Waals surface area contributed by atoms with Crippen LogP contribution in [0.3, 0.4) is 0 Å². The minimum Gasteiger partial charge on any atom is -0.375 e. The van der Waals surface area contributed by atoms with Crippen molar-refractivity contribution in [3.8, 4) is 16.9 Å². The fourth-order valence-corrected chi connectivity index (χ4v) is 2.26. The van der Waals surface area contributed by atoms with Crippen LogP contribution >= 0.6 is 0 Å². The predicted molar refractivity (Wildman–Crippen MR) is 72.5 cm³/mol. The highest BCUT2D eigenvalue weighted by molar-refractivity contribution is 7.88. The fraction of sp³-hybridized carbons (Fsp3) is 0.143. The van der Waals surface area contributed by atoms with Crippen molar-refractivity contribution in [3.63, 3.8) is 0 Å². The molecule has 0 aliphatic rings. The van der Waals surface area contributed by atoms with E-state index in [9.17, 15) is 34.8 Å². The van der Waals surface area contributed by atoms with E-state index in [0.29, 0.717) is 0 Å². The zero-order valence-electron chi connectivity index (χ0n) is 11.5. The van der Waals surface area contributed by atoms with E-state index in [1.165, 1.54) is 18.2 Å². The number of benzene rings is 2.